The number of pyridine rings is 1. The molecule has 0 atom stereocenters. The lowest BCUT2D eigenvalue weighted by atomic mass is 10.1. The zero-order valence-electron chi connectivity index (χ0n) is 11.1. The third kappa shape index (κ3) is 2.58. The number of anilines is 2. The van der Waals surface area contributed by atoms with Gasteiger partial charge < -0.3 is 4.90 Å². The van der Waals surface area contributed by atoms with E-state index in [9.17, 15) is 13.2 Å². The van der Waals surface area contributed by atoms with Crippen molar-refractivity contribution in [3.05, 3.63) is 53.7 Å². The first-order valence-corrected chi connectivity index (χ1v) is 7.07. The van der Waals surface area contributed by atoms with E-state index in [1.54, 1.807) is 12.4 Å². The van der Waals surface area contributed by atoms with Crippen molar-refractivity contribution in [3.63, 3.8) is 0 Å². The van der Waals surface area contributed by atoms with E-state index in [2.05, 4.69) is 4.98 Å². The van der Waals surface area contributed by atoms with Gasteiger partial charge in [-0.3, -0.25) is 4.98 Å². The van der Waals surface area contributed by atoms with Gasteiger partial charge in [0.25, 0.3) is 0 Å². The van der Waals surface area contributed by atoms with Gasteiger partial charge in [0, 0.05) is 40.6 Å². The van der Waals surface area contributed by atoms with Gasteiger partial charge in [-0.2, -0.15) is 13.2 Å². The lowest BCUT2D eigenvalue weighted by Gasteiger charge is -2.18. The van der Waals surface area contributed by atoms with E-state index >= 15 is 0 Å². The predicted molar refractivity (Wildman–Crippen MR) is 79.1 cm³/mol. The summed E-state index contributed by atoms with van der Waals surface area (Å²) in [6.45, 7) is 0. The van der Waals surface area contributed by atoms with E-state index < -0.39 is 11.7 Å². The molecular weight excluding hydrogens is 297 g/mol. The number of nitrogens with zero attached hydrogens (tertiary/aromatic N) is 2. The van der Waals surface area contributed by atoms with Gasteiger partial charge >= 0.3 is 6.18 Å². The molecule has 3 rings (SSSR count). The Morgan fingerprint density at radius 1 is 1.10 bits per heavy atom. The molecule has 2 heterocycles. The van der Waals surface area contributed by atoms with Crippen LogP contribution >= 0.6 is 11.3 Å². The van der Waals surface area contributed by atoms with Gasteiger partial charge in [-0.15, -0.1) is 11.3 Å². The SMILES string of the molecule is CN(c1ccncc1)c1csc2ccc(C(F)(F)F)cc12. The summed E-state index contributed by atoms with van der Waals surface area (Å²) < 4.78 is 39.4. The predicted octanol–water partition coefficient (Wildman–Crippen LogP) is 5.08. The molecule has 0 amide bonds. The summed E-state index contributed by atoms with van der Waals surface area (Å²) in [7, 11) is 1.83. The van der Waals surface area contributed by atoms with Gasteiger partial charge in [-0.25, -0.2) is 0 Å². The van der Waals surface area contributed by atoms with Crippen molar-refractivity contribution in [1.82, 2.24) is 4.98 Å². The molecule has 21 heavy (non-hydrogen) atoms. The minimum Gasteiger partial charge on any atom is -0.343 e. The third-order valence-corrected chi connectivity index (χ3v) is 4.24. The lowest BCUT2D eigenvalue weighted by molar-refractivity contribution is -0.137. The number of benzene rings is 1. The first-order valence-electron chi connectivity index (χ1n) is 6.19. The van der Waals surface area contributed by atoms with Crippen LogP contribution in [-0.4, -0.2) is 12.0 Å². The van der Waals surface area contributed by atoms with E-state index in [-0.39, 0.29) is 0 Å². The first-order chi connectivity index (χ1) is 9.97. The lowest BCUT2D eigenvalue weighted by Crippen LogP contribution is -2.09. The summed E-state index contributed by atoms with van der Waals surface area (Å²) in [6.07, 6.45) is -1.02. The first kappa shape index (κ1) is 13.9. The largest absolute Gasteiger partial charge is 0.416 e. The highest BCUT2D eigenvalue weighted by Crippen LogP contribution is 2.39. The molecule has 0 spiro atoms. The monoisotopic (exact) mass is 308 g/mol. The van der Waals surface area contributed by atoms with E-state index in [1.165, 1.54) is 23.5 Å². The van der Waals surface area contributed by atoms with E-state index in [0.29, 0.717) is 5.39 Å². The van der Waals surface area contributed by atoms with Crippen molar-refractivity contribution in [2.75, 3.05) is 11.9 Å². The van der Waals surface area contributed by atoms with Gasteiger partial charge in [-0.05, 0) is 30.3 Å². The van der Waals surface area contributed by atoms with Crippen LogP contribution in [0.3, 0.4) is 0 Å². The molecule has 0 saturated carbocycles. The zero-order chi connectivity index (χ0) is 15.0. The van der Waals surface area contributed by atoms with Crippen molar-refractivity contribution in [2.24, 2.45) is 0 Å². The van der Waals surface area contributed by atoms with Crippen LogP contribution in [0.4, 0.5) is 24.5 Å². The number of hydrogen-bond donors (Lipinski definition) is 0. The average molecular weight is 308 g/mol. The molecule has 0 bridgehead atoms. The normalized spacial score (nSPS) is 11.8. The maximum atomic E-state index is 12.9. The topological polar surface area (TPSA) is 16.1 Å². The van der Waals surface area contributed by atoms with Crippen molar-refractivity contribution < 1.29 is 13.2 Å². The standard InChI is InChI=1S/C15H11F3N2S/c1-20(11-4-6-19-7-5-11)13-9-21-14-3-2-10(8-12(13)14)15(16,17)18/h2-9H,1H3. The van der Waals surface area contributed by atoms with Crippen LogP contribution in [0.5, 0.6) is 0 Å². The fraction of sp³-hybridized carbons (Fsp3) is 0.133. The van der Waals surface area contributed by atoms with Crippen molar-refractivity contribution in [1.29, 1.82) is 0 Å². The molecule has 0 N–H and O–H groups in total. The van der Waals surface area contributed by atoms with Gasteiger partial charge in [0.1, 0.15) is 0 Å². The Labute approximate surface area is 123 Å². The van der Waals surface area contributed by atoms with E-state index in [1.807, 2.05) is 29.5 Å². The molecule has 0 radical (unpaired) electrons. The van der Waals surface area contributed by atoms with E-state index in [0.717, 1.165) is 22.1 Å². The summed E-state index contributed by atoms with van der Waals surface area (Å²) in [5.74, 6) is 0. The van der Waals surface area contributed by atoms with Crippen LogP contribution in [0.15, 0.2) is 48.1 Å². The molecule has 0 unspecified atom stereocenters. The molecule has 0 fully saturated rings. The van der Waals surface area contributed by atoms with Crippen LogP contribution in [0.2, 0.25) is 0 Å². The minimum absolute atomic E-state index is 0.606. The fourth-order valence-electron chi connectivity index (χ4n) is 2.16. The Hall–Kier alpha value is -2.08. The highest BCUT2D eigenvalue weighted by atomic mass is 32.1. The van der Waals surface area contributed by atoms with Gasteiger partial charge in [-0.1, -0.05) is 0 Å². The van der Waals surface area contributed by atoms with E-state index in [4.69, 9.17) is 0 Å². The number of halogens is 3. The molecule has 2 aromatic heterocycles. The number of thiophene rings is 1. The number of hydrogen-bond acceptors (Lipinski definition) is 3. The van der Waals surface area contributed by atoms with Gasteiger partial charge in [0.05, 0.1) is 11.3 Å². The average Bonchev–Trinajstić information content (AvgIpc) is 2.89. The molecule has 0 aliphatic rings. The van der Waals surface area contributed by atoms with Crippen LogP contribution in [0.25, 0.3) is 10.1 Å². The molecule has 1 aromatic carbocycles. The summed E-state index contributed by atoms with van der Waals surface area (Å²) in [5, 5.41) is 2.47. The molecule has 0 aliphatic carbocycles. The molecule has 0 saturated heterocycles. The van der Waals surface area contributed by atoms with Crippen molar-refractivity contribution in [3.8, 4) is 0 Å². The number of fused-ring (bicyclic) bond motifs is 1. The van der Waals surface area contributed by atoms with Crippen LogP contribution in [0, 0.1) is 0 Å². The Morgan fingerprint density at radius 2 is 1.81 bits per heavy atom. The van der Waals surface area contributed by atoms with Gasteiger partial charge in [0.15, 0.2) is 0 Å². The summed E-state index contributed by atoms with van der Waals surface area (Å²) in [5.41, 5.74) is 1.01. The Bertz CT molecular complexity index is 765. The summed E-state index contributed by atoms with van der Waals surface area (Å²) in [4.78, 5) is 5.81. The summed E-state index contributed by atoms with van der Waals surface area (Å²) in [6, 6.07) is 7.48. The highest BCUT2D eigenvalue weighted by molar-refractivity contribution is 7.17. The maximum Gasteiger partial charge on any atom is 0.416 e. The Morgan fingerprint density at radius 3 is 2.48 bits per heavy atom. The number of rotatable bonds is 2. The van der Waals surface area contributed by atoms with Gasteiger partial charge in [0.2, 0.25) is 0 Å². The number of alkyl halides is 3. The summed E-state index contributed by atoms with van der Waals surface area (Å²) >= 11 is 1.43. The fourth-order valence-corrected chi connectivity index (χ4v) is 3.12. The highest BCUT2D eigenvalue weighted by Gasteiger charge is 2.31. The second-order valence-corrected chi connectivity index (χ2v) is 5.51. The second-order valence-electron chi connectivity index (χ2n) is 4.59. The van der Waals surface area contributed by atoms with Crippen LogP contribution in [-0.2, 0) is 6.18 Å². The Balaban J connectivity index is 2.11. The molecule has 0 aliphatic heterocycles. The van der Waals surface area contributed by atoms with Crippen LogP contribution in [0.1, 0.15) is 5.56 Å². The molecule has 3 aromatic rings. The van der Waals surface area contributed by atoms with Crippen molar-refractivity contribution in [2.45, 2.75) is 6.18 Å². The van der Waals surface area contributed by atoms with Crippen LogP contribution < -0.4 is 4.90 Å². The van der Waals surface area contributed by atoms with Crippen molar-refractivity contribution >= 4 is 32.8 Å². The molecule has 108 valence electrons. The zero-order valence-corrected chi connectivity index (χ0v) is 11.9. The number of aromatic nitrogens is 1. The maximum absolute atomic E-state index is 12.9. The Kier molecular flexibility index (Phi) is 3.33. The molecular formula is C15H11F3N2S. The molecule has 6 heteroatoms. The third-order valence-electron chi connectivity index (χ3n) is 3.29. The minimum atomic E-state index is -4.33. The molecule has 2 nitrogen and oxygen atoms in total. The smallest absolute Gasteiger partial charge is 0.343 e. The quantitative estimate of drug-likeness (QED) is 0.656. The second kappa shape index (κ2) is 5.04.